The molecule has 0 radical (unpaired) electrons. The second kappa shape index (κ2) is 12.1. The van der Waals surface area contributed by atoms with Crippen LogP contribution in [0.2, 0.25) is 0 Å². The van der Waals surface area contributed by atoms with Gasteiger partial charge in [-0.05, 0) is 74.9 Å². The largest absolute Gasteiger partial charge is 0.416 e. The Morgan fingerprint density at radius 1 is 1.05 bits per heavy atom. The molecule has 1 aromatic carbocycles. The summed E-state index contributed by atoms with van der Waals surface area (Å²) >= 11 is 0. The van der Waals surface area contributed by atoms with Gasteiger partial charge in [-0.2, -0.15) is 13.2 Å². The fourth-order valence-corrected chi connectivity index (χ4v) is 5.96. The van der Waals surface area contributed by atoms with Crippen LogP contribution in [0.15, 0.2) is 70.9 Å². The molecule has 38 heavy (non-hydrogen) atoms. The van der Waals surface area contributed by atoms with E-state index in [1.807, 2.05) is 6.07 Å². The first-order valence-electron chi connectivity index (χ1n) is 12.5. The topological polar surface area (TPSA) is 108 Å². The van der Waals surface area contributed by atoms with E-state index in [2.05, 4.69) is 24.6 Å². The summed E-state index contributed by atoms with van der Waals surface area (Å²) in [4.78, 5) is 23.0. The van der Waals surface area contributed by atoms with Gasteiger partial charge < -0.3 is 9.88 Å². The quantitative estimate of drug-likeness (QED) is 0.460. The van der Waals surface area contributed by atoms with Crippen LogP contribution >= 0.6 is 0 Å². The number of alkyl halides is 3. The van der Waals surface area contributed by atoms with Crippen molar-refractivity contribution < 1.29 is 23.0 Å². The molecule has 2 aliphatic rings. The van der Waals surface area contributed by atoms with Crippen molar-refractivity contribution in [1.82, 2.24) is 19.9 Å². The number of hydrogen-bond donors (Lipinski definition) is 2. The Morgan fingerprint density at radius 2 is 1.84 bits per heavy atom. The SMILES string of the molecule is FC(F)(F)c1cccc([C@H]2CCC[C@@H](N3CCCC3)C2)c1.O=c1ccc(S(=O)(=O)Nc2ccncn2)c[nH]1.[HH]. The van der Waals surface area contributed by atoms with Crippen LogP contribution in [0.5, 0.6) is 0 Å². The van der Waals surface area contributed by atoms with E-state index in [4.69, 9.17) is 0 Å². The second-order valence-electron chi connectivity index (χ2n) is 9.47. The fourth-order valence-electron chi connectivity index (χ4n) is 4.99. The molecule has 2 N–H and O–H groups in total. The van der Waals surface area contributed by atoms with Crippen molar-refractivity contribution in [3.8, 4) is 0 Å². The Kier molecular flexibility index (Phi) is 8.83. The summed E-state index contributed by atoms with van der Waals surface area (Å²) in [6.07, 6.45) is 6.42. The maximum atomic E-state index is 12.8. The first kappa shape index (κ1) is 27.8. The van der Waals surface area contributed by atoms with Crippen LogP contribution in [0.3, 0.4) is 0 Å². The Labute approximate surface area is 220 Å². The van der Waals surface area contributed by atoms with Gasteiger partial charge in [-0.3, -0.25) is 9.52 Å². The monoisotopic (exact) mass is 551 g/mol. The highest BCUT2D eigenvalue weighted by Crippen LogP contribution is 2.38. The highest BCUT2D eigenvalue weighted by Gasteiger charge is 2.33. The Bertz CT molecular complexity index is 1350. The molecular weight excluding hydrogens is 519 g/mol. The predicted octanol–water partition coefficient (Wildman–Crippen LogP) is 5.04. The van der Waals surface area contributed by atoms with Crippen LogP contribution in [0, 0.1) is 0 Å². The van der Waals surface area contributed by atoms with Gasteiger partial charge in [0, 0.05) is 25.9 Å². The molecule has 1 saturated carbocycles. The number of benzene rings is 1. The first-order chi connectivity index (χ1) is 18.1. The average molecular weight is 552 g/mol. The van der Waals surface area contributed by atoms with Crippen molar-refractivity contribution >= 4 is 15.8 Å². The zero-order valence-electron chi connectivity index (χ0n) is 20.7. The highest BCUT2D eigenvalue weighted by molar-refractivity contribution is 7.92. The van der Waals surface area contributed by atoms with E-state index >= 15 is 0 Å². The minimum Gasteiger partial charge on any atom is -0.328 e. The molecule has 5 rings (SSSR count). The number of sulfonamides is 1. The molecule has 3 aromatic rings. The van der Waals surface area contributed by atoms with Crippen LogP contribution < -0.4 is 10.3 Å². The lowest BCUT2D eigenvalue weighted by molar-refractivity contribution is -0.137. The van der Waals surface area contributed by atoms with Gasteiger partial charge in [0.15, 0.2) is 0 Å². The van der Waals surface area contributed by atoms with E-state index in [1.165, 1.54) is 69.1 Å². The van der Waals surface area contributed by atoms with Crippen molar-refractivity contribution in [1.29, 1.82) is 0 Å². The lowest BCUT2D eigenvalue weighted by atomic mass is 9.80. The molecule has 1 aliphatic heterocycles. The number of hydrogen-bond acceptors (Lipinski definition) is 6. The zero-order chi connectivity index (χ0) is 27.2. The minimum atomic E-state index is -4.24. The number of aromatic nitrogens is 3. The van der Waals surface area contributed by atoms with E-state index in [0.29, 0.717) is 6.04 Å². The molecule has 1 aliphatic carbocycles. The molecule has 3 heterocycles. The normalized spacial score (nSPS) is 20.4. The fraction of sp³-hybridized carbons (Fsp3) is 0.423. The summed E-state index contributed by atoms with van der Waals surface area (Å²) < 4.78 is 64.4. The molecule has 0 bridgehead atoms. The van der Waals surface area contributed by atoms with E-state index < -0.39 is 21.8 Å². The van der Waals surface area contributed by atoms with Gasteiger partial charge in [-0.1, -0.05) is 24.6 Å². The molecule has 2 fully saturated rings. The Balaban J connectivity index is 0.000000215. The van der Waals surface area contributed by atoms with Gasteiger partial charge in [0.05, 0.1) is 5.56 Å². The number of likely N-dealkylation sites (tertiary alicyclic amines) is 1. The van der Waals surface area contributed by atoms with E-state index in [1.54, 1.807) is 6.07 Å². The van der Waals surface area contributed by atoms with Crippen LogP contribution in [0.4, 0.5) is 19.0 Å². The van der Waals surface area contributed by atoms with Gasteiger partial charge in [0.2, 0.25) is 5.56 Å². The number of aromatic amines is 1. The van der Waals surface area contributed by atoms with Gasteiger partial charge >= 0.3 is 6.18 Å². The summed E-state index contributed by atoms with van der Waals surface area (Å²) in [6, 6.07) is 10.3. The van der Waals surface area contributed by atoms with Crippen LogP contribution in [-0.4, -0.2) is 47.4 Å². The molecule has 2 aromatic heterocycles. The molecule has 0 amide bonds. The summed E-state index contributed by atoms with van der Waals surface area (Å²) in [5, 5.41) is 0. The number of pyridine rings is 1. The average Bonchev–Trinajstić information content (AvgIpc) is 3.45. The van der Waals surface area contributed by atoms with Crippen LogP contribution in [0.25, 0.3) is 0 Å². The molecular formula is C26H32F3N5O3S. The molecule has 0 spiro atoms. The molecule has 0 unspecified atom stereocenters. The molecule has 206 valence electrons. The van der Waals surface area contributed by atoms with E-state index in [-0.39, 0.29) is 23.6 Å². The standard InChI is InChI=1S/C17H22F3N.C9H8N4O3S.H2/c18-17(19,20)15-7-3-5-13(11-15)14-6-4-8-16(12-14)21-9-1-2-10-21;14-9-2-1-7(5-11-9)17(15,16)13-8-3-4-10-6-12-8;/h3,5,7,11,14,16H,1-2,4,6,8-10,12H2;1-6H,(H,11,14)(H,10,12,13);1H/t14-,16+;;/m0../s1. The number of nitrogens with one attached hydrogen (secondary N) is 2. The predicted molar refractivity (Wildman–Crippen MR) is 139 cm³/mol. The smallest absolute Gasteiger partial charge is 0.328 e. The molecule has 2 atom stereocenters. The van der Waals surface area contributed by atoms with Crippen molar-refractivity contribution in [2.45, 2.75) is 61.6 Å². The zero-order valence-corrected chi connectivity index (χ0v) is 21.5. The van der Waals surface area contributed by atoms with Gasteiger partial charge in [-0.15, -0.1) is 0 Å². The Morgan fingerprint density at radius 3 is 2.50 bits per heavy atom. The maximum absolute atomic E-state index is 12.8. The molecule has 1 saturated heterocycles. The molecule has 8 nitrogen and oxygen atoms in total. The third-order valence-corrected chi connectivity index (χ3v) is 8.23. The summed E-state index contributed by atoms with van der Waals surface area (Å²) in [5.74, 6) is 0.442. The Hall–Kier alpha value is -3.25. The van der Waals surface area contributed by atoms with Crippen molar-refractivity contribution in [3.63, 3.8) is 0 Å². The van der Waals surface area contributed by atoms with E-state index in [0.717, 1.165) is 37.1 Å². The van der Waals surface area contributed by atoms with Gasteiger partial charge in [0.25, 0.3) is 10.0 Å². The number of nitrogens with zero attached hydrogens (tertiary/aromatic N) is 3. The number of anilines is 1. The number of rotatable bonds is 5. The number of H-pyrrole nitrogens is 1. The maximum Gasteiger partial charge on any atom is 0.416 e. The van der Waals surface area contributed by atoms with Crippen molar-refractivity contribution in [2.24, 2.45) is 0 Å². The summed E-state index contributed by atoms with van der Waals surface area (Å²) in [6.45, 7) is 2.33. The van der Waals surface area contributed by atoms with Crippen LogP contribution in [-0.2, 0) is 16.2 Å². The van der Waals surface area contributed by atoms with Crippen molar-refractivity contribution in [3.05, 3.63) is 82.7 Å². The molecule has 12 heteroatoms. The van der Waals surface area contributed by atoms with Crippen molar-refractivity contribution in [2.75, 3.05) is 17.8 Å². The lowest BCUT2D eigenvalue weighted by Crippen LogP contribution is -2.36. The van der Waals surface area contributed by atoms with Gasteiger partial charge in [-0.25, -0.2) is 18.4 Å². The van der Waals surface area contributed by atoms with Crippen LogP contribution in [0.1, 0.15) is 57.0 Å². The summed E-state index contributed by atoms with van der Waals surface area (Å²) in [5.41, 5.74) is -0.0111. The third-order valence-electron chi connectivity index (χ3n) is 6.88. The highest BCUT2D eigenvalue weighted by atomic mass is 32.2. The van der Waals surface area contributed by atoms with E-state index in [9.17, 15) is 26.4 Å². The minimum absolute atomic E-state index is 0. The van der Waals surface area contributed by atoms with Gasteiger partial charge in [0.1, 0.15) is 17.0 Å². The first-order valence-corrected chi connectivity index (χ1v) is 14.0. The second-order valence-corrected chi connectivity index (χ2v) is 11.2. The third kappa shape index (κ3) is 7.41. The number of halogens is 3. The summed E-state index contributed by atoms with van der Waals surface area (Å²) in [7, 11) is -3.74. The lowest BCUT2D eigenvalue weighted by Gasteiger charge is -2.35.